The summed E-state index contributed by atoms with van der Waals surface area (Å²) in [6, 6.07) is 11.9. The van der Waals surface area contributed by atoms with E-state index in [9.17, 15) is 18.8 Å². The molecule has 2 aromatic rings. The normalized spacial score (nSPS) is 11.4. The minimum absolute atomic E-state index is 0.0319. The molecule has 0 aromatic heterocycles. The van der Waals surface area contributed by atoms with Gasteiger partial charge in [0.05, 0.1) is 23.2 Å². The Bertz CT molecular complexity index is 830. The molecule has 1 atom stereocenters. The van der Waals surface area contributed by atoms with Crippen molar-refractivity contribution in [2.45, 2.75) is 19.4 Å². The number of halogens is 2. The van der Waals surface area contributed by atoms with E-state index in [0.29, 0.717) is 0 Å². The molecule has 27 heavy (non-hydrogen) atoms. The van der Waals surface area contributed by atoms with Crippen molar-refractivity contribution >= 4 is 35.1 Å². The van der Waals surface area contributed by atoms with E-state index in [2.05, 4.69) is 10.6 Å². The number of hydrogen-bond acceptors (Lipinski definition) is 4. The number of hydrogen-bond donors (Lipinski definition) is 2. The number of carbonyl (C=O) groups excluding carboxylic acids is 3. The smallest absolute Gasteiger partial charge is 0.308 e. The van der Waals surface area contributed by atoms with Gasteiger partial charge in [0, 0.05) is 6.92 Å². The average molecular weight is 393 g/mol. The van der Waals surface area contributed by atoms with Crippen LogP contribution in [-0.2, 0) is 19.1 Å². The van der Waals surface area contributed by atoms with Crippen molar-refractivity contribution in [3.05, 3.63) is 64.9 Å². The van der Waals surface area contributed by atoms with Gasteiger partial charge in [-0.25, -0.2) is 4.39 Å². The molecule has 0 aliphatic heterocycles. The first kappa shape index (κ1) is 20.4. The molecule has 0 aliphatic carbocycles. The highest BCUT2D eigenvalue weighted by Crippen LogP contribution is 2.22. The Morgan fingerprint density at radius 1 is 1.15 bits per heavy atom. The molecule has 0 heterocycles. The second-order valence-electron chi connectivity index (χ2n) is 5.70. The van der Waals surface area contributed by atoms with Crippen LogP contribution < -0.4 is 10.6 Å². The molecular formula is C19H18ClFN2O4. The highest BCUT2D eigenvalue weighted by Gasteiger charge is 2.19. The van der Waals surface area contributed by atoms with Gasteiger partial charge in [-0.1, -0.05) is 41.9 Å². The summed E-state index contributed by atoms with van der Waals surface area (Å²) in [5.74, 6) is -2.10. The van der Waals surface area contributed by atoms with Crippen molar-refractivity contribution in [3.63, 3.8) is 0 Å². The minimum atomic E-state index is -0.655. The van der Waals surface area contributed by atoms with E-state index >= 15 is 0 Å². The zero-order valence-electron chi connectivity index (χ0n) is 14.5. The van der Waals surface area contributed by atoms with Crippen molar-refractivity contribution < 1.29 is 23.5 Å². The van der Waals surface area contributed by atoms with Gasteiger partial charge in [0.15, 0.2) is 6.61 Å². The Hall–Kier alpha value is -2.93. The fourth-order valence-electron chi connectivity index (χ4n) is 2.33. The van der Waals surface area contributed by atoms with Gasteiger partial charge < -0.3 is 15.4 Å². The van der Waals surface area contributed by atoms with Crippen LogP contribution in [-0.4, -0.2) is 24.4 Å². The highest BCUT2D eigenvalue weighted by molar-refractivity contribution is 6.33. The van der Waals surface area contributed by atoms with Crippen LogP contribution in [0.2, 0.25) is 5.02 Å². The number of carbonyl (C=O) groups is 3. The lowest BCUT2D eigenvalue weighted by molar-refractivity contribution is -0.148. The Kier molecular flexibility index (Phi) is 7.31. The number of esters is 1. The molecule has 6 nitrogen and oxygen atoms in total. The van der Waals surface area contributed by atoms with Crippen LogP contribution in [0.15, 0.2) is 48.5 Å². The van der Waals surface area contributed by atoms with Crippen LogP contribution in [0.3, 0.4) is 0 Å². The number of rotatable bonds is 7. The van der Waals surface area contributed by atoms with Crippen molar-refractivity contribution in [2.24, 2.45) is 0 Å². The standard InChI is InChI=1S/C19H18ClFN2O4/c1-12(24)22-17(13-5-3-2-4-6-13)10-19(26)27-11-18(25)23-16-8-7-14(21)9-15(16)20/h2-9,17H,10-11H2,1H3,(H,22,24)(H,23,25)/t17-/m0/s1. The zero-order valence-corrected chi connectivity index (χ0v) is 15.3. The topological polar surface area (TPSA) is 84.5 Å². The summed E-state index contributed by atoms with van der Waals surface area (Å²) in [5.41, 5.74) is 0.951. The second kappa shape index (κ2) is 9.68. The summed E-state index contributed by atoms with van der Waals surface area (Å²) >= 11 is 5.82. The van der Waals surface area contributed by atoms with E-state index in [0.717, 1.165) is 17.7 Å². The van der Waals surface area contributed by atoms with Crippen LogP contribution >= 0.6 is 11.6 Å². The predicted molar refractivity (Wildman–Crippen MR) is 98.6 cm³/mol. The third-order valence-electron chi connectivity index (χ3n) is 3.52. The predicted octanol–water partition coefficient (Wildman–Crippen LogP) is 3.23. The molecule has 2 amide bonds. The monoisotopic (exact) mass is 392 g/mol. The van der Waals surface area contributed by atoms with Crippen molar-refractivity contribution in [1.82, 2.24) is 5.32 Å². The Labute approximate surface area is 160 Å². The molecule has 0 saturated heterocycles. The number of nitrogens with one attached hydrogen (secondary N) is 2. The quantitative estimate of drug-likeness (QED) is 0.708. The van der Waals surface area contributed by atoms with Crippen molar-refractivity contribution in [1.29, 1.82) is 0 Å². The maximum absolute atomic E-state index is 13.0. The first-order valence-corrected chi connectivity index (χ1v) is 8.45. The van der Waals surface area contributed by atoms with Gasteiger partial charge >= 0.3 is 5.97 Å². The molecule has 2 aromatic carbocycles. The van der Waals surface area contributed by atoms with E-state index in [4.69, 9.17) is 16.3 Å². The van der Waals surface area contributed by atoms with Crippen LogP contribution in [0.1, 0.15) is 24.9 Å². The van der Waals surface area contributed by atoms with Gasteiger partial charge in [-0.15, -0.1) is 0 Å². The summed E-state index contributed by atoms with van der Waals surface area (Å²) in [4.78, 5) is 35.3. The molecule has 0 bridgehead atoms. The molecule has 0 saturated carbocycles. The maximum Gasteiger partial charge on any atom is 0.308 e. The number of ether oxygens (including phenoxy) is 1. The number of amides is 2. The van der Waals surface area contributed by atoms with Crippen LogP contribution in [0, 0.1) is 5.82 Å². The Balaban J connectivity index is 1.89. The minimum Gasteiger partial charge on any atom is -0.455 e. The Morgan fingerprint density at radius 2 is 1.85 bits per heavy atom. The summed E-state index contributed by atoms with van der Waals surface area (Å²) in [5, 5.41) is 5.13. The SMILES string of the molecule is CC(=O)N[C@@H](CC(=O)OCC(=O)Nc1ccc(F)cc1Cl)c1ccccc1. The molecule has 0 unspecified atom stereocenters. The lowest BCUT2D eigenvalue weighted by Gasteiger charge is -2.17. The summed E-state index contributed by atoms with van der Waals surface area (Å²) in [7, 11) is 0. The third-order valence-corrected chi connectivity index (χ3v) is 3.83. The summed E-state index contributed by atoms with van der Waals surface area (Å²) in [6.07, 6.45) is -0.131. The van der Waals surface area contributed by atoms with E-state index in [1.54, 1.807) is 24.3 Å². The van der Waals surface area contributed by atoms with Gasteiger partial charge in [0.25, 0.3) is 5.91 Å². The largest absolute Gasteiger partial charge is 0.455 e. The van der Waals surface area contributed by atoms with Crippen molar-refractivity contribution in [3.8, 4) is 0 Å². The second-order valence-corrected chi connectivity index (χ2v) is 6.11. The van der Waals surface area contributed by atoms with Gasteiger partial charge in [-0.2, -0.15) is 0 Å². The van der Waals surface area contributed by atoms with Crippen LogP contribution in [0.5, 0.6) is 0 Å². The molecule has 2 N–H and O–H groups in total. The van der Waals surface area contributed by atoms with E-state index in [1.807, 2.05) is 6.07 Å². The third kappa shape index (κ3) is 6.71. The molecule has 0 aliphatic rings. The van der Waals surface area contributed by atoms with Crippen LogP contribution in [0.4, 0.5) is 10.1 Å². The highest BCUT2D eigenvalue weighted by atomic mass is 35.5. The lowest BCUT2D eigenvalue weighted by Crippen LogP contribution is -2.29. The molecule has 142 valence electrons. The van der Waals surface area contributed by atoms with Gasteiger partial charge in [-0.05, 0) is 23.8 Å². The van der Waals surface area contributed by atoms with E-state index in [1.165, 1.54) is 13.0 Å². The lowest BCUT2D eigenvalue weighted by atomic mass is 10.0. The maximum atomic E-state index is 13.0. The van der Waals surface area contributed by atoms with Gasteiger partial charge in [0.1, 0.15) is 5.82 Å². The van der Waals surface area contributed by atoms with Gasteiger partial charge in [-0.3, -0.25) is 14.4 Å². The molecule has 0 fully saturated rings. The zero-order chi connectivity index (χ0) is 19.8. The van der Waals surface area contributed by atoms with E-state index < -0.39 is 30.3 Å². The Morgan fingerprint density at radius 3 is 2.48 bits per heavy atom. The molecule has 0 radical (unpaired) electrons. The number of anilines is 1. The summed E-state index contributed by atoms with van der Waals surface area (Å²) < 4.78 is 17.9. The summed E-state index contributed by atoms with van der Waals surface area (Å²) in [6.45, 7) is 0.815. The molecule has 8 heteroatoms. The van der Waals surface area contributed by atoms with Crippen LogP contribution in [0.25, 0.3) is 0 Å². The van der Waals surface area contributed by atoms with Crippen molar-refractivity contribution in [2.75, 3.05) is 11.9 Å². The fourth-order valence-corrected chi connectivity index (χ4v) is 2.55. The van der Waals surface area contributed by atoms with Gasteiger partial charge in [0.2, 0.25) is 5.91 Å². The number of benzene rings is 2. The average Bonchev–Trinajstić information content (AvgIpc) is 2.62. The first-order valence-electron chi connectivity index (χ1n) is 8.07. The fraction of sp³-hybridized carbons (Fsp3) is 0.211. The molecular weight excluding hydrogens is 375 g/mol. The molecule has 0 spiro atoms. The molecule has 2 rings (SSSR count). The van der Waals surface area contributed by atoms with E-state index in [-0.39, 0.29) is 23.0 Å². The first-order chi connectivity index (χ1) is 12.8.